The van der Waals surface area contributed by atoms with Gasteiger partial charge in [-0.05, 0) is 24.6 Å². The van der Waals surface area contributed by atoms with Gasteiger partial charge in [0.25, 0.3) is 0 Å². The summed E-state index contributed by atoms with van der Waals surface area (Å²) in [7, 11) is 0. The Morgan fingerprint density at radius 3 is 2.47 bits per heavy atom. The highest BCUT2D eigenvalue weighted by molar-refractivity contribution is 5.52. The molecule has 2 aromatic rings. The van der Waals surface area contributed by atoms with Gasteiger partial charge in [-0.2, -0.15) is 0 Å². The number of nitrogens with two attached hydrogens (primary N) is 2. The number of benzene rings is 1. The zero-order chi connectivity index (χ0) is 12.3. The van der Waals surface area contributed by atoms with Crippen LogP contribution in [0.5, 0.6) is 0 Å². The summed E-state index contributed by atoms with van der Waals surface area (Å²) >= 11 is 0. The van der Waals surface area contributed by atoms with Crippen molar-refractivity contribution in [2.24, 2.45) is 0 Å². The molecule has 0 spiro atoms. The van der Waals surface area contributed by atoms with Crippen LogP contribution in [-0.4, -0.2) is 9.97 Å². The first-order valence-electron chi connectivity index (χ1n) is 5.11. The Balaban J connectivity index is 2.32. The Bertz CT molecular complexity index is 591. The number of hydrogen-bond donors (Lipinski definition) is 2. The van der Waals surface area contributed by atoms with E-state index in [1.807, 2.05) is 25.1 Å². The van der Waals surface area contributed by atoms with E-state index in [9.17, 15) is 0 Å². The lowest BCUT2D eigenvalue weighted by Crippen LogP contribution is -1.93. The Hall–Kier alpha value is -2.54. The van der Waals surface area contributed by atoms with Gasteiger partial charge in [-0.3, -0.25) is 0 Å². The van der Waals surface area contributed by atoms with Crippen molar-refractivity contribution >= 4 is 11.6 Å². The largest absolute Gasteiger partial charge is 0.399 e. The first-order chi connectivity index (χ1) is 8.15. The standard InChI is InChI=1S/C13H12N4/c1-9-2-5-12(14)6-11(9)4-3-10-7-16-13(15)17-8-10/h2,5-8H,14H2,1H3,(H2,15,16,17). The molecule has 0 radical (unpaired) electrons. The van der Waals surface area contributed by atoms with E-state index in [4.69, 9.17) is 11.5 Å². The van der Waals surface area contributed by atoms with Gasteiger partial charge in [0.05, 0.1) is 5.56 Å². The lowest BCUT2D eigenvalue weighted by Gasteiger charge is -1.98. The zero-order valence-electron chi connectivity index (χ0n) is 9.44. The zero-order valence-corrected chi connectivity index (χ0v) is 9.44. The van der Waals surface area contributed by atoms with Gasteiger partial charge >= 0.3 is 0 Å². The van der Waals surface area contributed by atoms with Crippen LogP contribution in [0.1, 0.15) is 16.7 Å². The number of nitrogen functional groups attached to an aromatic ring is 2. The Morgan fingerprint density at radius 1 is 1.06 bits per heavy atom. The second-order valence-corrected chi connectivity index (χ2v) is 3.65. The van der Waals surface area contributed by atoms with Crippen molar-refractivity contribution in [2.45, 2.75) is 6.92 Å². The molecule has 0 aliphatic carbocycles. The Labute approximate surface area is 99.7 Å². The lowest BCUT2D eigenvalue weighted by molar-refractivity contribution is 1.17. The number of aryl methyl sites for hydroxylation is 1. The first kappa shape index (κ1) is 11.0. The van der Waals surface area contributed by atoms with Crippen molar-refractivity contribution in [3.05, 3.63) is 47.3 Å². The van der Waals surface area contributed by atoms with Crippen molar-refractivity contribution in [1.29, 1.82) is 0 Å². The van der Waals surface area contributed by atoms with Gasteiger partial charge in [0, 0.05) is 23.6 Å². The van der Waals surface area contributed by atoms with Gasteiger partial charge in [-0.1, -0.05) is 17.9 Å². The third kappa shape index (κ3) is 2.73. The molecule has 1 heterocycles. The molecule has 0 fully saturated rings. The van der Waals surface area contributed by atoms with Crippen LogP contribution in [0.2, 0.25) is 0 Å². The molecule has 2 rings (SSSR count). The SMILES string of the molecule is Cc1ccc(N)cc1C#Cc1cnc(N)nc1. The van der Waals surface area contributed by atoms with Crippen LogP contribution >= 0.6 is 0 Å². The molecule has 84 valence electrons. The van der Waals surface area contributed by atoms with E-state index in [-0.39, 0.29) is 5.95 Å². The summed E-state index contributed by atoms with van der Waals surface area (Å²) in [6.45, 7) is 1.99. The molecule has 0 aliphatic rings. The van der Waals surface area contributed by atoms with E-state index in [2.05, 4.69) is 21.8 Å². The summed E-state index contributed by atoms with van der Waals surface area (Å²) in [5, 5.41) is 0. The van der Waals surface area contributed by atoms with E-state index < -0.39 is 0 Å². The monoisotopic (exact) mass is 224 g/mol. The van der Waals surface area contributed by atoms with Crippen LogP contribution in [0.4, 0.5) is 11.6 Å². The Kier molecular flexibility index (Phi) is 2.93. The van der Waals surface area contributed by atoms with Crippen molar-refractivity contribution < 1.29 is 0 Å². The van der Waals surface area contributed by atoms with Gasteiger partial charge in [-0.15, -0.1) is 0 Å². The third-order valence-corrected chi connectivity index (χ3v) is 2.27. The van der Waals surface area contributed by atoms with Crippen LogP contribution in [-0.2, 0) is 0 Å². The molecule has 4 nitrogen and oxygen atoms in total. The van der Waals surface area contributed by atoms with Crippen molar-refractivity contribution in [1.82, 2.24) is 9.97 Å². The quantitative estimate of drug-likeness (QED) is 0.523. The molecular formula is C13H12N4. The summed E-state index contributed by atoms with van der Waals surface area (Å²) in [6.07, 6.45) is 3.19. The van der Waals surface area contributed by atoms with Crippen LogP contribution in [0.3, 0.4) is 0 Å². The van der Waals surface area contributed by atoms with Crippen LogP contribution in [0.15, 0.2) is 30.6 Å². The molecule has 0 bridgehead atoms. The van der Waals surface area contributed by atoms with Gasteiger partial charge in [0.1, 0.15) is 0 Å². The van der Waals surface area contributed by atoms with Gasteiger partial charge in [0.15, 0.2) is 0 Å². The molecule has 17 heavy (non-hydrogen) atoms. The molecule has 1 aromatic heterocycles. The van der Waals surface area contributed by atoms with Crippen LogP contribution in [0, 0.1) is 18.8 Å². The Morgan fingerprint density at radius 2 is 1.76 bits per heavy atom. The van der Waals surface area contributed by atoms with E-state index >= 15 is 0 Å². The molecule has 0 unspecified atom stereocenters. The second-order valence-electron chi connectivity index (χ2n) is 3.65. The highest BCUT2D eigenvalue weighted by Crippen LogP contribution is 2.11. The minimum atomic E-state index is 0.246. The molecular weight excluding hydrogens is 212 g/mol. The molecule has 0 saturated heterocycles. The molecule has 4 heteroatoms. The second kappa shape index (κ2) is 4.54. The minimum Gasteiger partial charge on any atom is -0.399 e. The highest BCUT2D eigenvalue weighted by Gasteiger charge is 1.95. The summed E-state index contributed by atoms with van der Waals surface area (Å²) in [5.74, 6) is 6.25. The number of hydrogen-bond acceptors (Lipinski definition) is 4. The van der Waals surface area contributed by atoms with Crippen molar-refractivity contribution in [2.75, 3.05) is 11.5 Å². The fourth-order valence-electron chi connectivity index (χ4n) is 1.32. The highest BCUT2D eigenvalue weighted by atomic mass is 15.0. The van der Waals surface area contributed by atoms with Crippen molar-refractivity contribution in [3.8, 4) is 11.8 Å². The summed E-state index contributed by atoms with van der Waals surface area (Å²) < 4.78 is 0. The smallest absolute Gasteiger partial charge is 0.219 e. The number of aromatic nitrogens is 2. The van der Waals surface area contributed by atoms with Gasteiger partial charge in [-0.25, -0.2) is 9.97 Å². The molecule has 1 aromatic carbocycles. The lowest BCUT2D eigenvalue weighted by atomic mass is 10.1. The minimum absolute atomic E-state index is 0.246. The number of anilines is 2. The fourth-order valence-corrected chi connectivity index (χ4v) is 1.32. The van der Waals surface area contributed by atoms with E-state index in [0.717, 1.165) is 16.7 Å². The third-order valence-electron chi connectivity index (χ3n) is 2.27. The topological polar surface area (TPSA) is 77.8 Å². The summed E-state index contributed by atoms with van der Waals surface area (Å²) in [6, 6.07) is 5.65. The van der Waals surface area contributed by atoms with Crippen LogP contribution < -0.4 is 11.5 Å². The van der Waals surface area contributed by atoms with E-state index in [1.54, 1.807) is 12.4 Å². The van der Waals surface area contributed by atoms with Crippen molar-refractivity contribution in [3.63, 3.8) is 0 Å². The first-order valence-corrected chi connectivity index (χ1v) is 5.11. The van der Waals surface area contributed by atoms with E-state index in [0.29, 0.717) is 5.69 Å². The summed E-state index contributed by atoms with van der Waals surface area (Å²) in [4.78, 5) is 7.74. The van der Waals surface area contributed by atoms with E-state index in [1.165, 1.54) is 0 Å². The molecule has 0 saturated carbocycles. The predicted molar refractivity (Wildman–Crippen MR) is 68.0 cm³/mol. The number of nitrogens with zero attached hydrogens (tertiary/aromatic N) is 2. The average molecular weight is 224 g/mol. The number of rotatable bonds is 0. The fraction of sp³-hybridized carbons (Fsp3) is 0.0769. The average Bonchev–Trinajstić information content (AvgIpc) is 2.32. The molecule has 0 amide bonds. The maximum absolute atomic E-state index is 5.71. The van der Waals surface area contributed by atoms with Gasteiger partial charge in [0.2, 0.25) is 5.95 Å². The molecule has 0 atom stereocenters. The summed E-state index contributed by atoms with van der Waals surface area (Å²) in [5.41, 5.74) is 14.5. The maximum Gasteiger partial charge on any atom is 0.219 e. The molecule has 4 N–H and O–H groups in total. The van der Waals surface area contributed by atoms with Gasteiger partial charge < -0.3 is 11.5 Å². The maximum atomic E-state index is 5.71. The predicted octanol–water partition coefficient (Wildman–Crippen LogP) is 1.35. The van der Waals surface area contributed by atoms with Crippen LogP contribution in [0.25, 0.3) is 0 Å². The normalized spacial score (nSPS) is 9.47. The molecule has 0 aliphatic heterocycles.